The Bertz CT molecular complexity index is 599. The van der Waals surface area contributed by atoms with E-state index in [1.807, 2.05) is 30.1 Å². The molecule has 1 aliphatic heterocycles. The molecule has 0 saturated carbocycles. The van der Waals surface area contributed by atoms with Crippen molar-refractivity contribution in [2.75, 3.05) is 20.1 Å². The predicted molar refractivity (Wildman–Crippen MR) is 78.7 cm³/mol. The zero-order chi connectivity index (χ0) is 13.9. The molecule has 1 saturated heterocycles. The van der Waals surface area contributed by atoms with Crippen molar-refractivity contribution in [3.05, 3.63) is 30.0 Å². The lowest BCUT2D eigenvalue weighted by atomic mass is 10.1. The molecule has 20 heavy (non-hydrogen) atoms. The lowest BCUT2D eigenvalue weighted by Gasteiger charge is -2.27. The second kappa shape index (κ2) is 5.63. The van der Waals surface area contributed by atoms with Gasteiger partial charge < -0.3 is 10.2 Å². The van der Waals surface area contributed by atoms with Gasteiger partial charge in [0.15, 0.2) is 0 Å². The van der Waals surface area contributed by atoms with Crippen molar-refractivity contribution in [2.45, 2.75) is 25.3 Å². The van der Waals surface area contributed by atoms with Crippen LogP contribution in [-0.2, 0) is 0 Å². The number of hydrogen-bond acceptors (Lipinski definition) is 3. The van der Waals surface area contributed by atoms with Crippen LogP contribution >= 0.6 is 0 Å². The topological polar surface area (TPSA) is 61.0 Å². The van der Waals surface area contributed by atoms with Gasteiger partial charge in [-0.2, -0.15) is 5.10 Å². The molecule has 1 aromatic heterocycles. The maximum Gasteiger partial charge on any atom is 0.253 e. The second-order valence-corrected chi connectivity index (χ2v) is 5.42. The number of nitrogens with one attached hydrogen (secondary N) is 2. The van der Waals surface area contributed by atoms with Crippen molar-refractivity contribution >= 4 is 16.8 Å². The summed E-state index contributed by atoms with van der Waals surface area (Å²) in [5, 5.41) is 11.3. The van der Waals surface area contributed by atoms with Gasteiger partial charge >= 0.3 is 0 Å². The Morgan fingerprint density at radius 3 is 3.15 bits per heavy atom. The normalized spacial score (nSPS) is 19.8. The van der Waals surface area contributed by atoms with E-state index in [-0.39, 0.29) is 5.91 Å². The maximum absolute atomic E-state index is 12.6. The van der Waals surface area contributed by atoms with Crippen molar-refractivity contribution in [2.24, 2.45) is 0 Å². The molecule has 2 heterocycles. The summed E-state index contributed by atoms with van der Waals surface area (Å²) in [6.07, 6.45) is 4.99. The molecule has 106 valence electrons. The summed E-state index contributed by atoms with van der Waals surface area (Å²) < 4.78 is 0. The Labute approximate surface area is 118 Å². The highest BCUT2D eigenvalue weighted by atomic mass is 16.2. The number of aromatic nitrogens is 2. The van der Waals surface area contributed by atoms with Crippen LogP contribution in [0.3, 0.4) is 0 Å². The van der Waals surface area contributed by atoms with Crippen LogP contribution in [0.15, 0.2) is 24.4 Å². The van der Waals surface area contributed by atoms with Gasteiger partial charge in [0.1, 0.15) is 0 Å². The number of carbonyl (C=O) groups is 1. The van der Waals surface area contributed by atoms with Crippen LogP contribution in [0.4, 0.5) is 0 Å². The number of amides is 1. The Kier molecular flexibility index (Phi) is 3.69. The van der Waals surface area contributed by atoms with E-state index in [9.17, 15) is 4.79 Å². The van der Waals surface area contributed by atoms with E-state index in [4.69, 9.17) is 0 Å². The minimum atomic E-state index is 0.0911. The molecule has 1 atom stereocenters. The average molecular weight is 272 g/mol. The monoisotopic (exact) mass is 272 g/mol. The first-order valence-electron chi connectivity index (χ1n) is 7.17. The number of nitrogens with zero attached hydrogens (tertiary/aromatic N) is 2. The summed E-state index contributed by atoms with van der Waals surface area (Å²) in [7, 11) is 1.91. The molecule has 0 aliphatic carbocycles. The zero-order valence-corrected chi connectivity index (χ0v) is 11.7. The van der Waals surface area contributed by atoms with E-state index in [2.05, 4.69) is 15.5 Å². The van der Waals surface area contributed by atoms with Gasteiger partial charge in [0.25, 0.3) is 5.91 Å². The Morgan fingerprint density at radius 1 is 1.35 bits per heavy atom. The predicted octanol–water partition coefficient (Wildman–Crippen LogP) is 1.78. The number of hydrogen-bond donors (Lipinski definition) is 2. The Balaban J connectivity index is 1.79. The Hall–Kier alpha value is -1.88. The molecule has 1 aliphatic rings. The van der Waals surface area contributed by atoms with Gasteiger partial charge in [-0.1, -0.05) is 6.07 Å². The fraction of sp³-hybridized carbons (Fsp3) is 0.467. The lowest BCUT2D eigenvalue weighted by molar-refractivity contribution is 0.0720. The Morgan fingerprint density at radius 2 is 2.25 bits per heavy atom. The summed E-state index contributed by atoms with van der Waals surface area (Å²) in [5.74, 6) is 0.0911. The third-order valence-electron chi connectivity index (χ3n) is 4.10. The number of fused-ring (bicyclic) bond motifs is 1. The number of benzene rings is 1. The molecular weight excluding hydrogens is 252 g/mol. The molecule has 3 rings (SSSR count). The summed E-state index contributed by atoms with van der Waals surface area (Å²) in [4.78, 5) is 14.5. The average Bonchev–Trinajstić information content (AvgIpc) is 2.77. The van der Waals surface area contributed by atoms with Crippen LogP contribution in [-0.4, -0.2) is 47.2 Å². The number of rotatable bonds is 2. The van der Waals surface area contributed by atoms with E-state index in [0.29, 0.717) is 6.04 Å². The van der Waals surface area contributed by atoms with Crippen LogP contribution in [0, 0.1) is 0 Å². The summed E-state index contributed by atoms with van der Waals surface area (Å²) in [6.45, 7) is 2.04. The van der Waals surface area contributed by atoms with E-state index < -0.39 is 0 Å². The van der Waals surface area contributed by atoms with E-state index in [0.717, 1.165) is 48.8 Å². The first kappa shape index (κ1) is 13.1. The second-order valence-electron chi connectivity index (χ2n) is 5.42. The van der Waals surface area contributed by atoms with Gasteiger partial charge in [-0.15, -0.1) is 0 Å². The minimum Gasteiger partial charge on any atom is -0.339 e. The SMILES string of the molecule is CN(C(=O)c1ccc2cn[nH]c2c1)C1CCCNCC1. The molecule has 1 fully saturated rings. The highest BCUT2D eigenvalue weighted by Crippen LogP contribution is 2.18. The number of H-pyrrole nitrogens is 1. The fourth-order valence-electron chi connectivity index (χ4n) is 2.83. The van der Waals surface area contributed by atoms with Crippen molar-refractivity contribution in [1.82, 2.24) is 20.4 Å². The third-order valence-corrected chi connectivity index (χ3v) is 4.10. The fourth-order valence-corrected chi connectivity index (χ4v) is 2.83. The van der Waals surface area contributed by atoms with Gasteiger partial charge in [-0.25, -0.2) is 0 Å². The van der Waals surface area contributed by atoms with Crippen molar-refractivity contribution in [3.8, 4) is 0 Å². The highest BCUT2D eigenvalue weighted by Gasteiger charge is 2.22. The standard InChI is InChI=1S/C15H20N4O/c1-19(13-3-2-7-16-8-6-13)15(20)11-4-5-12-10-17-18-14(12)9-11/h4-5,9-10,13,16H,2-3,6-8H2,1H3,(H,17,18). The summed E-state index contributed by atoms with van der Waals surface area (Å²) >= 11 is 0. The molecule has 5 heteroatoms. The minimum absolute atomic E-state index is 0.0911. The molecule has 1 unspecified atom stereocenters. The van der Waals surface area contributed by atoms with Gasteiger partial charge in [0, 0.05) is 24.0 Å². The van der Waals surface area contributed by atoms with Crippen LogP contribution in [0.5, 0.6) is 0 Å². The third kappa shape index (κ3) is 2.54. The smallest absolute Gasteiger partial charge is 0.253 e. The first-order valence-corrected chi connectivity index (χ1v) is 7.17. The van der Waals surface area contributed by atoms with Crippen molar-refractivity contribution in [1.29, 1.82) is 0 Å². The summed E-state index contributed by atoms with van der Waals surface area (Å²) in [6, 6.07) is 6.03. The highest BCUT2D eigenvalue weighted by molar-refractivity contribution is 5.97. The first-order chi connectivity index (χ1) is 9.75. The molecule has 0 bridgehead atoms. The van der Waals surface area contributed by atoms with E-state index >= 15 is 0 Å². The number of aromatic amines is 1. The van der Waals surface area contributed by atoms with Gasteiger partial charge in [0.2, 0.25) is 0 Å². The van der Waals surface area contributed by atoms with Gasteiger partial charge in [-0.05, 0) is 44.5 Å². The van der Waals surface area contributed by atoms with Gasteiger partial charge in [-0.3, -0.25) is 9.89 Å². The van der Waals surface area contributed by atoms with Crippen LogP contribution in [0.1, 0.15) is 29.6 Å². The van der Waals surface area contributed by atoms with Crippen LogP contribution in [0.25, 0.3) is 10.9 Å². The maximum atomic E-state index is 12.6. The van der Waals surface area contributed by atoms with Crippen LogP contribution in [0.2, 0.25) is 0 Å². The number of carbonyl (C=O) groups excluding carboxylic acids is 1. The van der Waals surface area contributed by atoms with Crippen LogP contribution < -0.4 is 5.32 Å². The molecule has 1 aromatic carbocycles. The lowest BCUT2D eigenvalue weighted by Crippen LogP contribution is -2.37. The zero-order valence-electron chi connectivity index (χ0n) is 11.7. The molecule has 2 aromatic rings. The molecule has 1 amide bonds. The quantitative estimate of drug-likeness (QED) is 0.876. The summed E-state index contributed by atoms with van der Waals surface area (Å²) in [5.41, 5.74) is 1.63. The largest absolute Gasteiger partial charge is 0.339 e. The molecule has 0 radical (unpaired) electrons. The van der Waals surface area contributed by atoms with Crippen molar-refractivity contribution < 1.29 is 4.79 Å². The van der Waals surface area contributed by atoms with E-state index in [1.54, 1.807) is 6.20 Å². The van der Waals surface area contributed by atoms with Crippen molar-refractivity contribution in [3.63, 3.8) is 0 Å². The molecular formula is C15H20N4O. The molecule has 2 N–H and O–H groups in total. The molecule has 5 nitrogen and oxygen atoms in total. The molecule has 0 spiro atoms. The van der Waals surface area contributed by atoms with Gasteiger partial charge in [0.05, 0.1) is 11.7 Å². The van der Waals surface area contributed by atoms with E-state index in [1.165, 1.54) is 0 Å².